The van der Waals surface area contributed by atoms with Crippen molar-refractivity contribution in [3.8, 4) is 11.5 Å². The highest BCUT2D eigenvalue weighted by Crippen LogP contribution is 2.26. The average molecular weight is 440 g/mol. The normalized spacial score (nSPS) is 13.6. The minimum absolute atomic E-state index is 0.00175. The number of methoxy groups -OCH3 is 2. The van der Waals surface area contributed by atoms with Crippen LogP contribution in [0.4, 0.5) is 5.69 Å². The number of ether oxygens (including phenoxy) is 2. The molecule has 32 heavy (non-hydrogen) atoms. The average Bonchev–Trinajstić information content (AvgIpc) is 2.86. The van der Waals surface area contributed by atoms with Gasteiger partial charge in [0.1, 0.15) is 11.5 Å². The summed E-state index contributed by atoms with van der Waals surface area (Å²) >= 11 is 0. The van der Waals surface area contributed by atoms with Gasteiger partial charge in [0.05, 0.1) is 19.8 Å². The summed E-state index contributed by atoms with van der Waals surface area (Å²) in [6.45, 7) is 5.15. The summed E-state index contributed by atoms with van der Waals surface area (Å²) in [6, 6.07) is 12.9. The topological polar surface area (TPSA) is 62.3 Å². The van der Waals surface area contributed by atoms with Gasteiger partial charge in [-0.05, 0) is 42.8 Å². The highest BCUT2D eigenvalue weighted by molar-refractivity contribution is 5.98. The lowest BCUT2D eigenvalue weighted by molar-refractivity contribution is 0.0533. The summed E-state index contributed by atoms with van der Waals surface area (Å²) < 4.78 is 10.6. The highest BCUT2D eigenvalue weighted by Gasteiger charge is 2.27. The molecule has 0 saturated carbocycles. The molecular weight excluding hydrogens is 406 g/mol. The second-order valence-corrected chi connectivity index (χ2v) is 7.97. The fourth-order valence-electron chi connectivity index (χ4n) is 3.82. The van der Waals surface area contributed by atoms with Gasteiger partial charge in [0.15, 0.2) is 0 Å². The van der Waals surface area contributed by atoms with E-state index in [9.17, 15) is 9.59 Å². The SMILES string of the molecule is CCCCN(C)c1ccc(C(=O)N2CCN(C(=O)c3ccc(OC)cc3OC)CC2)cc1. The maximum Gasteiger partial charge on any atom is 0.257 e. The molecule has 0 radical (unpaired) electrons. The molecule has 0 aromatic heterocycles. The lowest BCUT2D eigenvalue weighted by atomic mass is 10.1. The largest absolute Gasteiger partial charge is 0.497 e. The van der Waals surface area contributed by atoms with Crippen LogP contribution in [0.5, 0.6) is 11.5 Å². The molecule has 1 saturated heterocycles. The molecule has 1 aliphatic heterocycles. The molecule has 7 heteroatoms. The molecule has 0 N–H and O–H groups in total. The van der Waals surface area contributed by atoms with E-state index in [0.717, 1.165) is 25.1 Å². The maximum absolute atomic E-state index is 13.0. The van der Waals surface area contributed by atoms with Crippen LogP contribution in [0, 0.1) is 0 Å². The molecule has 1 aliphatic rings. The summed E-state index contributed by atoms with van der Waals surface area (Å²) in [5, 5.41) is 0. The van der Waals surface area contributed by atoms with Crippen LogP contribution in [0.3, 0.4) is 0 Å². The van der Waals surface area contributed by atoms with Gasteiger partial charge >= 0.3 is 0 Å². The smallest absolute Gasteiger partial charge is 0.257 e. The molecule has 2 aromatic carbocycles. The van der Waals surface area contributed by atoms with Crippen molar-refractivity contribution in [2.45, 2.75) is 19.8 Å². The van der Waals surface area contributed by atoms with E-state index in [1.165, 1.54) is 7.11 Å². The van der Waals surface area contributed by atoms with E-state index in [1.807, 2.05) is 29.2 Å². The lowest BCUT2D eigenvalue weighted by Crippen LogP contribution is -2.50. The first kappa shape index (κ1) is 23.4. The Balaban J connectivity index is 1.59. The molecule has 7 nitrogen and oxygen atoms in total. The quantitative estimate of drug-likeness (QED) is 0.630. The Labute approximate surface area is 190 Å². The number of benzene rings is 2. The minimum atomic E-state index is -0.101. The zero-order valence-electron chi connectivity index (χ0n) is 19.5. The van der Waals surface area contributed by atoms with Crippen LogP contribution in [0.15, 0.2) is 42.5 Å². The Morgan fingerprint density at radius 2 is 1.53 bits per heavy atom. The number of nitrogens with zero attached hydrogens (tertiary/aromatic N) is 3. The predicted molar refractivity (Wildman–Crippen MR) is 126 cm³/mol. The number of amides is 2. The Morgan fingerprint density at radius 1 is 0.906 bits per heavy atom. The summed E-state index contributed by atoms with van der Waals surface area (Å²) in [6.07, 6.45) is 2.29. The third-order valence-electron chi connectivity index (χ3n) is 5.90. The van der Waals surface area contributed by atoms with Crippen molar-refractivity contribution >= 4 is 17.5 Å². The fourth-order valence-corrected chi connectivity index (χ4v) is 3.82. The number of unbranched alkanes of at least 4 members (excludes halogenated alkanes) is 1. The molecule has 0 unspecified atom stereocenters. The minimum Gasteiger partial charge on any atom is -0.497 e. The van der Waals surface area contributed by atoms with Gasteiger partial charge in [-0.15, -0.1) is 0 Å². The Bertz CT molecular complexity index is 921. The first-order chi connectivity index (χ1) is 15.5. The molecule has 172 valence electrons. The van der Waals surface area contributed by atoms with Crippen LogP contribution >= 0.6 is 0 Å². The van der Waals surface area contributed by atoms with E-state index < -0.39 is 0 Å². The van der Waals surface area contributed by atoms with Crippen molar-refractivity contribution in [1.29, 1.82) is 0 Å². The standard InChI is InChI=1S/C25H33N3O4/c1-5-6-13-26(2)20-9-7-19(8-10-20)24(29)27-14-16-28(17-15-27)25(30)22-12-11-21(31-3)18-23(22)32-4/h7-12,18H,5-6,13-17H2,1-4H3. The van der Waals surface area contributed by atoms with Gasteiger partial charge < -0.3 is 24.2 Å². The van der Waals surface area contributed by atoms with E-state index in [1.54, 1.807) is 30.2 Å². The molecule has 3 rings (SSSR count). The zero-order valence-corrected chi connectivity index (χ0v) is 19.5. The second-order valence-electron chi connectivity index (χ2n) is 7.97. The molecule has 1 heterocycles. The van der Waals surface area contributed by atoms with Gasteiger partial charge in [-0.25, -0.2) is 0 Å². The number of rotatable bonds is 8. The van der Waals surface area contributed by atoms with E-state index >= 15 is 0 Å². The second kappa shape index (κ2) is 10.9. The zero-order chi connectivity index (χ0) is 23.1. The highest BCUT2D eigenvalue weighted by atomic mass is 16.5. The van der Waals surface area contributed by atoms with Gasteiger partial charge in [0.2, 0.25) is 0 Å². The third-order valence-corrected chi connectivity index (χ3v) is 5.90. The van der Waals surface area contributed by atoms with Crippen LogP contribution in [-0.4, -0.2) is 75.6 Å². The summed E-state index contributed by atoms with van der Waals surface area (Å²) in [7, 11) is 5.18. The predicted octanol–water partition coefficient (Wildman–Crippen LogP) is 3.54. The third kappa shape index (κ3) is 5.33. The van der Waals surface area contributed by atoms with E-state index in [4.69, 9.17) is 9.47 Å². The van der Waals surface area contributed by atoms with Gasteiger partial charge in [0, 0.05) is 57.1 Å². The van der Waals surface area contributed by atoms with Crippen LogP contribution in [-0.2, 0) is 0 Å². The first-order valence-electron chi connectivity index (χ1n) is 11.1. The van der Waals surface area contributed by atoms with Gasteiger partial charge in [-0.3, -0.25) is 9.59 Å². The fraction of sp³-hybridized carbons (Fsp3) is 0.440. The summed E-state index contributed by atoms with van der Waals surface area (Å²) in [5.74, 6) is 1.02. The van der Waals surface area contributed by atoms with Crippen LogP contribution in [0.25, 0.3) is 0 Å². The van der Waals surface area contributed by atoms with Crippen molar-refractivity contribution in [2.24, 2.45) is 0 Å². The molecule has 0 bridgehead atoms. The van der Waals surface area contributed by atoms with Gasteiger partial charge in [-0.1, -0.05) is 13.3 Å². The van der Waals surface area contributed by atoms with Crippen LogP contribution in [0.2, 0.25) is 0 Å². The van der Waals surface area contributed by atoms with E-state index in [-0.39, 0.29) is 11.8 Å². The van der Waals surface area contributed by atoms with E-state index in [2.05, 4.69) is 18.9 Å². The summed E-state index contributed by atoms with van der Waals surface area (Å²) in [4.78, 5) is 31.7. The molecule has 0 atom stereocenters. The molecule has 2 amide bonds. The Hall–Kier alpha value is -3.22. The van der Waals surface area contributed by atoms with Crippen molar-refractivity contribution in [1.82, 2.24) is 9.80 Å². The van der Waals surface area contributed by atoms with Crippen LogP contribution < -0.4 is 14.4 Å². The number of carbonyl (C=O) groups is 2. The first-order valence-corrected chi connectivity index (χ1v) is 11.1. The number of carbonyl (C=O) groups excluding carboxylic acids is 2. The van der Waals surface area contributed by atoms with E-state index in [0.29, 0.717) is 48.8 Å². The van der Waals surface area contributed by atoms with Crippen molar-refractivity contribution in [3.05, 3.63) is 53.6 Å². The molecule has 2 aromatic rings. The molecular formula is C25H33N3O4. The van der Waals surface area contributed by atoms with Crippen molar-refractivity contribution in [2.75, 3.05) is 58.9 Å². The molecule has 0 spiro atoms. The lowest BCUT2D eigenvalue weighted by Gasteiger charge is -2.35. The summed E-state index contributed by atoms with van der Waals surface area (Å²) in [5.41, 5.74) is 2.28. The van der Waals surface area contributed by atoms with Gasteiger partial charge in [-0.2, -0.15) is 0 Å². The monoisotopic (exact) mass is 439 g/mol. The number of anilines is 1. The number of hydrogen-bond donors (Lipinski definition) is 0. The Kier molecular flexibility index (Phi) is 7.98. The maximum atomic E-state index is 13.0. The number of piperazine rings is 1. The Morgan fingerprint density at radius 3 is 2.09 bits per heavy atom. The molecule has 1 fully saturated rings. The van der Waals surface area contributed by atoms with Crippen molar-refractivity contribution in [3.63, 3.8) is 0 Å². The number of hydrogen-bond acceptors (Lipinski definition) is 5. The van der Waals surface area contributed by atoms with Crippen molar-refractivity contribution < 1.29 is 19.1 Å². The van der Waals surface area contributed by atoms with Gasteiger partial charge in [0.25, 0.3) is 11.8 Å². The molecule has 0 aliphatic carbocycles. The van der Waals surface area contributed by atoms with Crippen LogP contribution in [0.1, 0.15) is 40.5 Å².